The number of nitrogens with one attached hydrogen (secondary N) is 1. The molecule has 3 heterocycles. The molecule has 0 fully saturated rings. The summed E-state index contributed by atoms with van der Waals surface area (Å²) in [5.41, 5.74) is -1.30. The van der Waals surface area contributed by atoms with Crippen LogP contribution >= 0.6 is 0 Å². The molecule has 3 aromatic heterocycles. The standard InChI is InChI=1S/C26H22N2O6/c1-2-3-12-19-27-13-16(28-19)20(21-23(29)14-8-4-6-10-17(14)33-25(21)31)22-24(30)15-9-5-7-11-18(15)34-26(22)32/h4-11,13,20,29-30H,2-3,12H2,1H3,(H,27,28). The number of imidazole rings is 1. The highest BCUT2D eigenvalue weighted by atomic mass is 16.4. The molecular weight excluding hydrogens is 436 g/mol. The number of fused-ring (bicyclic) bond motifs is 2. The molecule has 0 aliphatic rings. The lowest BCUT2D eigenvalue weighted by Gasteiger charge is -2.18. The van der Waals surface area contributed by atoms with E-state index in [1.54, 1.807) is 48.5 Å². The van der Waals surface area contributed by atoms with Gasteiger partial charge in [0.05, 0.1) is 27.8 Å². The van der Waals surface area contributed by atoms with Crippen LogP contribution in [-0.2, 0) is 6.42 Å². The molecule has 0 bridgehead atoms. The summed E-state index contributed by atoms with van der Waals surface area (Å²) in [5, 5.41) is 22.9. The van der Waals surface area contributed by atoms with Crippen molar-refractivity contribution in [2.24, 2.45) is 0 Å². The number of hydrogen-bond acceptors (Lipinski definition) is 7. The first kappa shape index (κ1) is 21.5. The number of unbranched alkanes of at least 4 members (excludes halogenated alkanes) is 1. The maximum atomic E-state index is 13.1. The monoisotopic (exact) mass is 458 g/mol. The van der Waals surface area contributed by atoms with Crippen molar-refractivity contribution < 1.29 is 19.0 Å². The molecule has 0 saturated heterocycles. The minimum absolute atomic E-state index is 0.192. The maximum Gasteiger partial charge on any atom is 0.344 e. The largest absolute Gasteiger partial charge is 0.507 e. The van der Waals surface area contributed by atoms with Crippen molar-refractivity contribution in [2.75, 3.05) is 0 Å². The highest BCUT2D eigenvalue weighted by Gasteiger charge is 2.33. The van der Waals surface area contributed by atoms with Crippen molar-refractivity contribution in [3.05, 3.63) is 98.2 Å². The highest BCUT2D eigenvalue weighted by Crippen LogP contribution is 2.41. The van der Waals surface area contributed by atoms with Crippen LogP contribution < -0.4 is 11.3 Å². The van der Waals surface area contributed by atoms with Gasteiger partial charge in [0.25, 0.3) is 0 Å². The van der Waals surface area contributed by atoms with Gasteiger partial charge in [-0.1, -0.05) is 37.6 Å². The number of H-pyrrole nitrogens is 1. The predicted octanol–water partition coefficient (Wildman–Crippen LogP) is 4.56. The van der Waals surface area contributed by atoms with Crippen molar-refractivity contribution in [3.8, 4) is 11.5 Å². The molecule has 0 atom stereocenters. The summed E-state index contributed by atoms with van der Waals surface area (Å²) in [5.74, 6) is -1.22. The fourth-order valence-corrected chi connectivity index (χ4v) is 4.26. The zero-order valence-corrected chi connectivity index (χ0v) is 18.4. The first-order valence-electron chi connectivity index (χ1n) is 11.0. The molecule has 2 aromatic carbocycles. The van der Waals surface area contributed by atoms with Gasteiger partial charge < -0.3 is 24.0 Å². The lowest BCUT2D eigenvalue weighted by atomic mass is 9.88. The van der Waals surface area contributed by atoms with Crippen molar-refractivity contribution in [3.63, 3.8) is 0 Å². The van der Waals surface area contributed by atoms with Crippen LogP contribution in [0.5, 0.6) is 11.5 Å². The second-order valence-corrected chi connectivity index (χ2v) is 8.12. The lowest BCUT2D eigenvalue weighted by molar-refractivity contribution is 0.440. The van der Waals surface area contributed by atoms with Crippen LogP contribution in [-0.4, -0.2) is 20.2 Å². The van der Waals surface area contributed by atoms with E-state index in [9.17, 15) is 19.8 Å². The van der Waals surface area contributed by atoms with Gasteiger partial charge in [-0.05, 0) is 30.7 Å². The van der Waals surface area contributed by atoms with Gasteiger partial charge in [0.15, 0.2) is 0 Å². The molecule has 172 valence electrons. The van der Waals surface area contributed by atoms with Crippen molar-refractivity contribution in [1.29, 1.82) is 0 Å². The maximum absolute atomic E-state index is 13.1. The van der Waals surface area contributed by atoms with Crippen LogP contribution in [0.3, 0.4) is 0 Å². The number of aromatic amines is 1. The Morgan fingerprint density at radius 1 is 0.882 bits per heavy atom. The Balaban J connectivity index is 1.83. The summed E-state index contributed by atoms with van der Waals surface area (Å²) >= 11 is 0. The summed E-state index contributed by atoms with van der Waals surface area (Å²) in [6.45, 7) is 2.06. The number of nitrogens with zero attached hydrogens (tertiary/aromatic N) is 1. The van der Waals surface area contributed by atoms with E-state index in [4.69, 9.17) is 8.83 Å². The number of benzene rings is 2. The number of hydrogen-bond donors (Lipinski definition) is 3. The van der Waals surface area contributed by atoms with Crippen molar-refractivity contribution in [1.82, 2.24) is 9.97 Å². The Hall–Kier alpha value is -4.33. The topological polar surface area (TPSA) is 130 Å². The van der Waals surface area contributed by atoms with Crippen molar-refractivity contribution >= 4 is 21.9 Å². The van der Waals surface area contributed by atoms with E-state index in [1.165, 1.54) is 6.20 Å². The molecule has 34 heavy (non-hydrogen) atoms. The van der Waals surface area contributed by atoms with E-state index in [1.807, 2.05) is 0 Å². The molecular formula is C26H22N2O6. The van der Waals surface area contributed by atoms with Crippen LogP contribution in [0.2, 0.25) is 0 Å². The third kappa shape index (κ3) is 3.53. The molecule has 0 unspecified atom stereocenters. The van der Waals surface area contributed by atoms with E-state index in [0.717, 1.165) is 12.8 Å². The lowest BCUT2D eigenvalue weighted by Crippen LogP contribution is -2.21. The Labute approximate surface area is 193 Å². The van der Waals surface area contributed by atoms with Gasteiger partial charge >= 0.3 is 11.3 Å². The number of aromatic nitrogens is 2. The number of aromatic hydroxyl groups is 2. The van der Waals surface area contributed by atoms with E-state index < -0.39 is 17.2 Å². The quantitative estimate of drug-likeness (QED) is 0.318. The summed E-state index contributed by atoms with van der Waals surface area (Å²) in [7, 11) is 0. The zero-order valence-electron chi connectivity index (χ0n) is 18.4. The molecule has 0 aliphatic heterocycles. The second kappa shape index (κ2) is 8.55. The summed E-state index contributed by atoms with van der Waals surface area (Å²) in [6.07, 6.45) is 4.02. The van der Waals surface area contributed by atoms with E-state index in [0.29, 0.717) is 28.7 Å². The Bertz CT molecular complexity index is 1530. The van der Waals surface area contributed by atoms with Crippen LogP contribution in [0.25, 0.3) is 21.9 Å². The number of para-hydroxylation sites is 2. The van der Waals surface area contributed by atoms with Gasteiger partial charge in [0.2, 0.25) is 0 Å². The molecule has 5 aromatic rings. The van der Waals surface area contributed by atoms with Crippen LogP contribution in [0.15, 0.2) is 73.2 Å². The Morgan fingerprint density at radius 2 is 1.41 bits per heavy atom. The molecule has 8 heteroatoms. The minimum atomic E-state index is -1.20. The molecule has 8 nitrogen and oxygen atoms in total. The van der Waals surface area contributed by atoms with Gasteiger partial charge in [-0.2, -0.15) is 0 Å². The van der Waals surface area contributed by atoms with E-state index >= 15 is 0 Å². The fourth-order valence-electron chi connectivity index (χ4n) is 4.26. The summed E-state index contributed by atoms with van der Waals surface area (Å²) in [4.78, 5) is 33.8. The first-order valence-corrected chi connectivity index (χ1v) is 11.0. The molecule has 0 saturated carbocycles. The smallest absolute Gasteiger partial charge is 0.344 e. The van der Waals surface area contributed by atoms with E-state index in [2.05, 4.69) is 16.9 Å². The van der Waals surface area contributed by atoms with Gasteiger partial charge in [-0.15, -0.1) is 0 Å². The van der Waals surface area contributed by atoms with Crippen LogP contribution in [0.1, 0.15) is 48.3 Å². The summed E-state index contributed by atoms with van der Waals surface area (Å²) < 4.78 is 10.9. The zero-order chi connectivity index (χ0) is 23.8. The average molecular weight is 458 g/mol. The van der Waals surface area contributed by atoms with Gasteiger partial charge in [0.1, 0.15) is 28.5 Å². The number of aryl methyl sites for hydroxylation is 1. The minimum Gasteiger partial charge on any atom is -0.507 e. The van der Waals surface area contributed by atoms with Crippen LogP contribution in [0.4, 0.5) is 0 Å². The number of rotatable bonds is 6. The highest BCUT2D eigenvalue weighted by molar-refractivity contribution is 5.86. The molecule has 5 rings (SSSR count). The normalized spacial score (nSPS) is 11.6. The van der Waals surface area contributed by atoms with Crippen molar-refractivity contribution in [2.45, 2.75) is 32.1 Å². The van der Waals surface area contributed by atoms with Gasteiger partial charge in [-0.25, -0.2) is 14.6 Å². The Kier molecular flexibility index (Phi) is 5.41. The fraction of sp³-hybridized carbons (Fsp3) is 0.192. The SMILES string of the molecule is CCCCc1ncc(C(c2c(O)c3ccccc3oc2=O)c2c(O)c3ccccc3oc2=O)[nH]1. The first-order chi connectivity index (χ1) is 16.5. The Morgan fingerprint density at radius 3 is 1.94 bits per heavy atom. The summed E-state index contributed by atoms with van der Waals surface area (Å²) in [6, 6.07) is 13.1. The molecule has 3 N–H and O–H groups in total. The molecule has 0 radical (unpaired) electrons. The predicted molar refractivity (Wildman–Crippen MR) is 126 cm³/mol. The van der Waals surface area contributed by atoms with Crippen LogP contribution in [0, 0.1) is 0 Å². The molecule has 0 aliphatic carbocycles. The average Bonchev–Trinajstić information content (AvgIpc) is 3.30. The van der Waals surface area contributed by atoms with E-state index in [-0.39, 0.29) is 33.8 Å². The second-order valence-electron chi connectivity index (χ2n) is 8.12. The molecule has 0 amide bonds. The molecule has 0 spiro atoms. The van der Waals surface area contributed by atoms with Gasteiger partial charge in [-0.3, -0.25) is 0 Å². The van der Waals surface area contributed by atoms with Gasteiger partial charge in [0, 0.05) is 18.3 Å². The third-order valence-electron chi connectivity index (χ3n) is 5.94. The third-order valence-corrected chi connectivity index (χ3v) is 5.94.